The third kappa shape index (κ3) is 7.21. The molecule has 3 rings (SSSR count). The molecule has 1 aromatic heterocycles. The molecule has 2 aliphatic heterocycles. The Morgan fingerprint density at radius 2 is 1.92 bits per heavy atom. The van der Waals surface area contributed by atoms with Crippen LogP contribution in [0.1, 0.15) is 40.3 Å². The van der Waals surface area contributed by atoms with E-state index in [1.807, 2.05) is 0 Å². The number of morpholine rings is 1. The van der Waals surface area contributed by atoms with Crippen molar-refractivity contribution in [1.82, 2.24) is 19.1 Å². The predicted octanol–water partition coefficient (Wildman–Crippen LogP) is 1.44. The molecule has 13 heteroatoms. The fourth-order valence-corrected chi connectivity index (χ4v) is 6.29. The molecule has 1 N–H and O–H groups in total. The average molecular weight is 528 g/mol. The normalized spacial score (nSPS) is 26.1. The maximum atomic E-state index is 12.6. The molecule has 2 saturated heterocycles. The fourth-order valence-electron chi connectivity index (χ4n) is 4.52. The van der Waals surface area contributed by atoms with Crippen LogP contribution in [0.4, 0.5) is 0 Å². The molecule has 36 heavy (non-hydrogen) atoms. The molecular formula is C23H38N5O7P. The van der Waals surface area contributed by atoms with Crippen LogP contribution in [0, 0.1) is 11.3 Å². The van der Waals surface area contributed by atoms with Gasteiger partial charge in [-0.05, 0) is 27.7 Å². The van der Waals surface area contributed by atoms with Crippen molar-refractivity contribution in [2.24, 2.45) is 0 Å². The number of nitrogens with one attached hydrogen (secondary N) is 1. The van der Waals surface area contributed by atoms with Gasteiger partial charge in [-0.2, -0.15) is 5.26 Å². The van der Waals surface area contributed by atoms with Gasteiger partial charge in [0, 0.05) is 51.1 Å². The first-order chi connectivity index (χ1) is 17.3. The Hall–Kier alpha value is -1.68. The van der Waals surface area contributed by atoms with E-state index in [-0.39, 0.29) is 25.1 Å². The molecule has 12 nitrogen and oxygen atoms in total. The van der Waals surface area contributed by atoms with Gasteiger partial charge in [-0.1, -0.05) is 0 Å². The minimum atomic E-state index is -1.57. The Labute approximate surface area is 213 Å². The molecule has 0 bridgehead atoms. The second kappa shape index (κ2) is 13.7. The lowest BCUT2D eigenvalue weighted by atomic mass is 10.1. The number of methoxy groups -OCH3 is 1. The molecule has 0 saturated carbocycles. The Morgan fingerprint density at radius 1 is 1.22 bits per heavy atom. The van der Waals surface area contributed by atoms with E-state index < -0.39 is 44.3 Å². The van der Waals surface area contributed by atoms with Crippen molar-refractivity contribution >= 4 is 8.53 Å². The van der Waals surface area contributed by atoms with Crippen LogP contribution in [0.5, 0.6) is 0 Å². The molecule has 0 amide bonds. The summed E-state index contributed by atoms with van der Waals surface area (Å²) < 4.78 is 34.0. The Balaban J connectivity index is 1.94. The lowest BCUT2D eigenvalue weighted by molar-refractivity contribution is -0.0641. The zero-order chi connectivity index (χ0) is 26.2. The molecule has 0 radical (unpaired) electrons. The van der Waals surface area contributed by atoms with Crippen LogP contribution < -0.4 is 11.2 Å². The maximum Gasteiger partial charge on any atom is 0.330 e. The van der Waals surface area contributed by atoms with E-state index in [4.69, 9.17) is 28.5 Å². The van der Waals surface area contributed by atoms with Crippen LogP contribution in [0.2, 0.25) is 0 Å². The van der Waals surface area contributed by atoms with E-state index in [0.717, 1.165) is 13.1 Å². The predicted molar refractivity (Wildman–Crippen MR) is 133 cm³/mol. The lowest BCUT2D eigenvalue weighted by Gasteiger charge is -2.38. The van der Waals surface area contributed by atoms with Crippen molar-refractivity contribution in [3.63, 3.8) is 0 Å². The SMILES string of the molecule is CO[C@H]1C(OP(OCCC#N)N(C(C)C)C(C)C)[C@@H](CN2CCOCC2)O[C@H]1n1ccc(=O)[nH]c1=O. The van der Waals surface area contributed by atoms with Gasteiger partial charge in [-0.15, -0.1) is 0 Å². The molecule has 2 unspecified atom stereocenters. The largest absolute Gasteiger partial charge is 0.379 e. The number of nitriles is 1. The molecule has 0 aromatic carbocycles. The fraction of sp³-hybridized carbons (Fsp3) is 0.783. The molecule has 2 aliphatic rings. The highest BCUT2D eigenvalue weighted by Gasteiger charge is 2.50. The summed E-state index contributed by atoms with van der Waals surface area (Å²) in [6, 6.07) is 3.63. The van der Waals surface area contributed by atoms with Gasteiger partial charge in [0.15, 0.2) is 6.23 Å². The summed E-state index contributed by atoms with van der Waals surface area (Å²) in [5.41, 5.74) is -1.07. The van der Waals surface area contributed by atoms with Crippen LogP contribution in [0.25, 0.3) is 0 Å². The molecule has 0 aliphatic carbocycles. The van der Waals surface area contributed by atoms with Crippen LogP contribution in [-0.2, 0) is 23.3 Å². The van der Waals surface area contributed by atoms with Gasteiger partial charge in [0.2, 0.25) is 0 Å². The van der Waals surface area contributed by atoms with E-state index >= 15 is 0 Å². The van der Waals surface area contributed by atoms with Crippen LogP contribution in [0.3, 0.4) is 0 Å². The summed E-state index contributed by atoms with van der Waals surface area (Å²) in [5, 5.41) is 9.04. The lowest BCUT2D eigenvalue weighted by Crippen LogP contribution is -2.46. The number of rotatable bonds is 12. The first-order valence-electron chi connectivity index (χ1n) is 12.3. The van der Waals surface area contributed by atoms with Gasteiger partial charge in [-0.3, -0.25) is 19.2 Å². The highest BCUT2D eigenvalue weighted by molar-refractivity contribution is 7.44. The molecule has 1 aromatic rings. The Kier molecular flexibility index (Phi) is 11.0. The Bertz CT molecular complexity index is 967. The number of nitrogens with zero attached hydrogens (tertiary/aromatic N) is 4. The molecule has 3 heterocycles. The van der Waals surface area contributed by atoms with Gasteiger partial charge in [0.1, 0.15) is 18.3 Å². The van der Waals surface area contributed by atoms with Crippen molar-refractivity contribution in [1.29, 1.82) is 5.26 Å². The summed E-state index contributed by atoms with van der Waals surface area (Å²) in [5.74, 6) is 0. The quantitative estimate of drug-likeness (QED) is 0.315. The van der Waals surface area contributed by atoms with Crippen molar-refractivity contribution < 1.29 is 23.3 Å². The molecule has 0 spiro atoms. The van der Waals surface area contributed by atoms with E-state index in [0.29, 0.717) is 19.8 Å². The van der Waals surface area contributed by atoms with Gasteiger partial charge < -0.3 is 23.3 Å². The number of aromatic amines is 1. The number of ether oxygens (including phenoxy) is 3. The number of aromatic nitrogens is 2. The smallest absolute Gasteiger partial charge is 0.330 e. The van der Waals surface area contributed by atoms with Gasteiger partial charge in [0.25, 0.3) is 14.1 Å². The summed E-state index contributed by atoms with van der Waals surface area (Å²) in [6.07, 6.45) is -0.818. The average Bonchev–Trinajstić information content (AvgIpc) is 3.15. The van der Waals surface area contributed by atoms with Gasteiger partial charge in [0.05, 0.1) is 32.3 Å². The Morgan fingerprint density at radius 3 is 2.50 bits per heavy atom. The van der Waals surface area contributed by atoms with Crippen LogP contribution in [-0.4, -0.2) is 96.1 Å². The van der Waals surface area contributed by atoms with Gasteiger partial charge in [-0.25, -0.2) is 9.46 Å². The maximum absolute atomic E-state index is 12.6. The third-order valence-electron chi connectivity index (χ3n) is 6.10. The third-order valence-corrected chi connectivity index (χ3v) is 8.23. The van der Waals surface area contributed by atoms with Crippen molar-refractivity contribution in [2.75, 3.05) is 46.6 Å². The molecular weight excluding hydrogens is 489 g/mol. The van der Waals surface area contributed by atoms with Crippen molar-refractivity contribution in [3.05, 3.63) is 33.1 Å². The zero-order valence-electron chi connectivity index (χ0n) is 21.7. The second-order valence-corrected chi connectivity index (χ2v) is 10.7. The van der Waals surface area contributed by atoms with E-state index in [9.17, 15) is 9.59 Å². The molecule has 2 fully saturated rings. The molecule has 5 atom stereocenters. The zero-order valence-corrected chi connectivity index (χ0v) is 22.6. The summed E-state index contributed by atoms with van der Waals surface area (Å²) >= 11 is 0. The van der Waals surface area contributed by atoms with Crippen molar-refractivity contribution in [3.8, 4) is 6.07 Å². The monoisotopic (exact) mass is 527 g/mol. The first kappa shape index (κ1) is 28.9. The highest BCUT2D eigenvalue weighted by atomic mass is 31.2. The summed E-state index contributed by atoms with van der Waals surface area (Å²) in [4.78, 5) is 28.8. The first-order valence-corrected chi connectivity index (χ1v) is 13.4. The number of hydrogen-bond donors (Lipinski definition) is 1. The van der Waals surface area contributed by atoms with Crippen molar-refractivity contribution in [2.45, 2.75) is 70.7 Å². The molecule has 202 valence electrons. The summed E-state index contributed by atoms with van der Waals surface area (Å²) in [6.45, 7) is 11.8. The van der Waals surface area contributed by atoms with E-state index in [1.165, 1.54) is 16.8 Å². The topological polar surface area (TPSA) is 131 Å². The minimum Gasteiger partial charge on any atom is -0.379 e. The van der Waals surface area contributed by atoms with E-state index in [1.54, 1.807) is 7.11 Å². The highest BCUT2D eigenvalue weighted by Crippen LogP contribution is 2.50. The standard InChI is InChI=1S/C23H38N5O7P/c1-16(2)28(17(3)4)36(33-12-6-8-24)35-20-18(15-26-10-13-32-14-11-26)34-22(21(20)31-5)27-9-7-19(29)25-23(27)30/h7,9,16-18,20-22H,6,10-15H2,1-5H3,(H,25,29,30)/t18-,20?,21+,22-,36?/m1/s1. The van der Waals surface area contributed by atoms with Crippen LogP contribution in [0.15, 0.2) is 21.9 Å². The van der Waals surface area contributed by atoms with E-state index in [2.05, 4.69) is 48.3 Å². The number of hydrogen-bond acceptors (Lipinski definition) is 10. The minimum absolute atomic E-state index is 0.122. The van der Waals surface area contributed by atoms with Crippen LogP contribution >= 0.6 is 8.53 Å². The number of H-pyrrole nitrogens is 1. The van der Waals surface area contributed by atoms with Gasteiger partial charge >= 0.3 is 5.69 Å². The summed E-state index contributed by atoms with van der Waals surface area (Å²) in [7, 11) is -0.0264. The second-order valence-electron chi connectivity index (χ2n) is 9.31.